The number of hydrogen-bond donors (Lipinski definition) is 1. The molecule has 6 heteroatoms. The molecule has 0 amide bonds. The molecule has 1 aliphatic heterocycles. The molecule has 100 valence electrons. The number of aromatic nitrogens is 1. The average molecular weight is 325 g/mol. The van der Waals surface area contributed by atoms with Gasteiger partial charge in [-0.3, -0.25) is 0 Å². The summed E-state index contributed by atoms with van der Waals surface area (Å²) >= 11 is 3.48. The van der Waals surface area contributed by atoms with Crippen molar-refractivity contribution in [2.24, 2.45) is 0 Å². The second-order valence-electron chi connectivity index (χ2n) is 4.27. The maximum Gasteiger partial charge on any atom is 0.231 e. The van der Waals surface area contributed by atoms with Gasteiger partial charge in [0.15, 0.2) is 17.9 Å². The third-order valence-corrected chi connectivity index (χ3v) is 3.54. The fourth-order valence-electron chi connectivity index (χ4n) is 1.95. The van der Waals surface area contributed by atoms with E-state index in [2.05, 4.69) is 26.2 Å². The predicted molar refractivity (Wildman–Crippen MR) is 72.0 cm³/mol. The van der Waals surface area contributed by atoms with Gasteiger partial charge >= 0.3 is 0 Å². The molecular weight excluding hydrogens is 312 g/mol. The Bertz CT molecular complexity index is 598. The molecule has 0 bridgehead atoms. The van der Waals surface area contributed by atoms with Gasteiger partial charge in [-0.2, -0.15) is 0 Å². The third kappa shape index (κ3) is 2.59. The second-order valence-corrected chi connectivity index (χ2v) is 5.12. The van der Waals surface area contributed by atoms with Crippen molar-refractivity contribution in [2.75, 3.05) is 6.79 Å². The Kier molecular flexibility index (Phi) is 3.44. The van der Waals surface area contributed by atoms with Gasteiger partial charge in [-0.25, -0.2) is 4.98 Å². The van der Waals surface area contributed by atoms with E-state index >= 15 is 0 Å². The zero-order valence-electron chi connectivity index (χ0n) is 10.4. The van der Waals surface area contributed by atoms with E-state index in [0.717, 1.165) is 39.5 Å². The fraction of sp³-hybridized carbons (Fsp3) is 0.308. The van der Waals surface area contributed by atoms with Crippen LogP contribution in [0.15, 0.2) is 27.4 Å². The number of benzene rings is 1. The first-order valence-electron chi connectivity index (χ1n) is 5.92. The number of halogens is 1. The van der Waals surface area contributed by atoms with Crippen LogP contribution in [0.4, 0.5) is 0 Å². The molecule has 1 aromatic carbocycles. The normalized spacial score (nSPS) is 12.9. The van der Waals surface area contributed by atoms with E-state index in [9.17, 15) is 0 Å². The van der Waals surface area contributed by atoms with Crippen LogP contribution in [0.2, 0.25) is 0 Å². The van der Waals surface area contributed by atoms with Crippen molar-refractivity contribution in [3.05, 3.63) is 40.0 Å². The SMILES string of the molecule is Cc1ocnc1CNCc1cc(Br)c2c(c1)OCO2. The number of aryl methyl sites for hydroxylation is 1. The van der Waals surface area contributed by atoms with E-state index in [1.807, 2.05) is 19.1 Å². The van der Waals surface area contributed by atoms with Gasteiger partial charge in [-0.1, -0.05) is 0 Å². The zero-order valence-corrected chi connectivity index (χ0v) is 12.0. The van der Waals surface area contributed by atoms with Gasteiger partial charge in [0.25, 0.3) is 0 Å². The predicted octanol–water partition coefficient (Wildman–Crippen LogP) is 2.76. The van der Waals surface area contributed by atoms with Crippen LogP contribution < -0.4 is 14.8 Å². The van der Waals surface area contributed by atoms with E-state index in [1.54, 1.807) is 0 Å². The first-order valence-corrected chi connectivity index (χ1v) is 6.71. The highest BCUT2D eigenvalue weighted by Crippen LogP contribution is 2.39. The summed E-state index contributed by atoms with van der Waals surface area (Å²) in [6.45, 7) is 3.58. The summed E-state index contributed by atoms with van der Waals surface area (Å²) < 4.78 is 16.8. The molecule has 19 heavy (non-hydrogen) atoms. The minimum absolute atomic E-state index is 0.281. The van der Waals surface area contributed by atoms with Crippen molar-refractivity contribution in [1.82, 2.24) is 10.3 Å². The standard InChI is InChI=1S/C13H13BrN2O3/c1-8-11(16-6-17-8)5-15-4-9-2-10(14)13-12(3-9)18-7-19-13/h2-3,6,15H,4-5,7H2,1H3. The van der Waals surface area contributed by atoms with Crippen LogP contribution in [-0.2, 0) is 13.1 Å². The number of fused-ring (bicyclic) bond motifs is 1. The molecule has 0 radical (unpaired) electrons. The van der Waals surface area contributed by atoms with Crippen molar-refractivity contribution >= 4 is 15.9 Å². The van der Waals surface area contributed by atoms with Crippen LogP contribution in [0.3, 0.4) is 0 Å². The Hall–Kier alpha value is -1.53. The van der Waals surface area contributed by atoms with Gasteiger partial charge < -0.3 is 19.2 Å². The van der Waals surface area contributed by atoms with Crippen LogP contribution >= 0.6 is 15.9 Å². The molecule has 0 aliphatic carbocycles. The molecule has 2 heterocycles. The quantitative estimate of drug-likeness (QED) is 0.937. The first kappa shape index (κ1) is 12.5. The molecule has 0 atom stereocenters. The maximum absolute atomic E-state index is 5.38. The largest absolute Gasteiger partial charge is 0.454 e. The molecule has 3 rings (SSSR count). The van der Waals surface area contributed by atoms with Crippen LogP contribution in [0, 0.1) is 6.92 Å². The van der Waals surface area contributed by atoms with Crippen LogP contribution in [0.1, 0.15) is 17.0 Å². The zero-order chi connectivity index (χ0) is 13.2. The Morgan fingerprint density at radius 3 is 3.00 bits per heavy atom. The lowest BCUT2D eigenvalue weighted by Gasteiger charge is -2.06. The third-order valence-electron chi connectivity index (χ3n) is 2.95. The topological polar surface area (TPSA) is 56.5 Å². The molecule has 0 spiro atoms. The Morgan fingerprint density at radius 1 is 1.32 bits per heavy atom. The number of ether oxygens (including phenoxy) is 2. The molecule has 5 nitrogen and oxygen atoms in total. The Labute approximate surface area is 119 Å². The summed E-state index contributed by atoms with van der Waals surface area (Å²) in [5.41, 5.74) is 2.05. The maximum atomic E-state index is 5.38. The highest BCUT2D eigenvalue weighted by Gasteiger charge is 2.17. The number of rotatable bonds is 4. The highest BCUT2D eigenvalue weighted by atomic mass is 79.9. The summed E-state index contributed by atoms with van der Waals surface area (Å²) in [4.78, 5) is 4.14. The molecular formula is C13H13BrN2O3. The Balaban J connectivity index is 1.65. The van der Waals surface area contributed by atoms with Crippen molar-refractivity contribution in [3.8, 4) is 11.5 Å². The van der Waals surface area contributed by atoms with E-state index in [1.165, 1.54) is 6.39 Å². The molecule has 0 fully saturated rings. The Morgan fingerprint density at radius 2 is 2.21 bits per heavy atom. The first-order chi connectivity index (χ1) is 9.24. The van der Waals surface area contributed by atoms with Gasteiger partial charge in [0.2, 0.25) is 6.79 Å². The fourth-order valence-corrected chi connectivity index (χ4v) is 2.55. The van der Waals surface area contributed by atoms with E-state index in [-0.39, 0.29) is 6.79 Å². The molecule has 1 aromatic heterocycles. The highest BCUT2D eigenvalue weighted by molar-refractivity contribution is 9.10. The summed E-state index contributed by atoms with van der Waals surface area (Å²) in [6.07, 6.45) is 1.46. The lowest BCUT2D eigenvalue weighted by Crippen LogP contribution is -2.13. The van der Waals surface area contributed by atoms with E-state index in [4.69, 9.17) is 13.9 Å². The monoisotopic (exact) mass is 324 g/mol. The van der Waals surface area contributed by atoms with Gasteiger partial charge in [0.1, 0.15) is 5.76 Å². The lowest BCUT2D eigenvalue weighted by atomic mass is 10.2. The minimum Gasteiger partial charge on any atom is -0.454 e. The van der Waals surface area contributed by atoms with Crippen LogP contribution in [-0.4, -0.2) is 11.8 Å². The van der Waals surface area contributed by atoms with Crippen molar-refractivity contribution in [2.45, 2.75) is 20.0 Å². The smallest absolute Gasteiger partial charge is 0.231 e. The minimum atomic E-state index is 0.281. The summed E-state index contributed by atoms with van der Waals surface area (Å²) in [7, 11) is 0. The second kappa shape index (κ2) is 5.22. The molecule has 1 aliphatic rings. The van der Waals surface area contributed by atoms with Crippen LogP contribution in [0.5, 0.6) is 11.5 Å². The number of oxazole rings is 1. The summed E-state index contributed by atoms with van der Waals surface area (Å²) in [5.74, 6) is 2.40. The molecule has 2 aromatic rings. The van der Waals surface area contributed by atoms with Crippen LogP contribution in [0.25, 0.3) is 0 Å². The number of nitrogens with zero attached hydrogens (tertiary/aromatic N) is 1. The van der Waals surface area contributed by atoms with Crippen molar-refractivity contribution in [1.29, 1.82) is 0 Å². The van der Waals surface area contributed by atoms with Crippen molar-refractivity contribution in [3.63, 3.8) is 0 Å². The number of nitrogens with one attached hydrogen (secondary N) is 1. The molecule has 0 saturated carbocycles. The molecule has 1 N–H and O–H groups in total. The molecule has 0 unspecified atom stereocenters. The lowest BCUT2D eigenvalue weighted by molar-refractivity contribution is 0.173. The van der Waals surface area contributed by atoms with Gasteiger partial charge in [-0.15, -0.1) is 0 Å². The average Bonchev–Trinajstić information content (AvgIpc) is 2.99. The van der Waals surface area contributed by atoms with E-state index < -0.39 is 0 Å². The molecule has 0 saturated heterocycles. The van der Waals surface area contributed by atoms with Crippen molar-refractivity contribution < 1.29 is 13.9 Å². The van der Waals surface area contributed by atoms with Gasteiger partial charge in [-0.05, 0) is 40.5 Å². The van der Waals surface area contributed by atoms with E-state index in [0.29, 0.717) is 6.54 Å². The summed E-state index contributed by atoms with van der Waals surface area (Å²) in [6, 6.07) is 4.01. The summed E-state index contributed by atoms with van der Waals surface area (Å²) in [5, 5.41) is 3.32. The number of hydrogen-bond acceptors (Lipinski definition) is 5. The van der Waals surface area contributed by atoms with Gasteiger partial charge in [0, 0.05) is 13.1 Å². The van der Waals surface area contributed by atoms with Gasteiger partial charge in [0.05, 0.1) is 10.2 Å².